The summed E-state index contributed by atoms with van der Waals surface area (Å²) in [7, 11) is 0. The van der Waals surface area contributed by atoms with Crippen LogP contribution in [0.25, 0.3) is 0 Å². The molecule has 0 fully saturated rings. The number of hydrogen-bond acceptors (Lipinski definition) is 2. The number of nitrogens with one attached hydrogen (secondary N) is 1. The second kappa shape index (κ2) is 7.76. The van der Waals surface area contributed by atoms with Crippen molar-refractivity contribution in [3.05, 3.63) is 12.7 Å². The minimum atomic E-state index is 0.299. The van der Waals surface area contributed by atoms with Crippen molar-refractivity contribution in [3.63, 3.8) is 0 Å². The van der Waals surface area contributed by atoms with Crippen LogP contribution >= 0.6 is 0 Å². The molecule has 2 heteroatoms. The quantitative estimate of drug-likeness (QED) is 0.431. The SMILES string of the molecule is C=CCCNC(C)CCCO. The maximum atomic E-state index is 8.54. The predicted octanol–water partition coefficient (Wildman–Crippen LogP) is 1.31. The van der Waals surface area contributed by atoms with Crippen LogP contribution in [0.2, 0.25) is 0 Å². The molecule has 0 aliphatic heterocycles. The van der Waals surface area contributed by atoms with E-state index in [0.29, 0.717) is 12.6 Å². The summed E-state index contributed by atoms with van der Waals surface area (Å²) in [6.45, 7) is 7.07. The van der Waals surface area contributed by atoms with Crippen molar-refractivity contribution < 1.29 is 5.11 Å². The van der Waals surface area contributed by atoms with Gasteiger partial charge in [0, 0.05) is 12.6 Å². The molecule has 0 aromatic carbocycles. The van der Waals surface area contributed by atoms with E-state index in [2.05, 4.69) is 18.8 Å². The lowest BCUT2D eigenvalue weighted by atomic mass is 10.2. The van der Waals surface area contributed by atoms with Gasteiger partial charge in [-0.15, -0.1) is 6.58 Å². The van der Waals surface area contributed by atoms with Crippen molar-refractivity contribution in [2.24, 2.45) is 0 Å². The molecule has 0 amide bonds. The molecule has 66 valence electrons. The number of hydrogen-bond donors (Lipinski definition) is 2. The Morgan fingerprint density at radius 3 is 2.91 bits per heavy atom. The van der Waals surface area contributed by atoms with Gasteiger partial charge in [-0.3, -0.25) is 0 Å². The topological polar surface area (TPSA) is 32.3 Å². The zero-order valence-corrected chi connectivity index (χ0v) is 7.34. The fraction of sp³-hybridized carbons (Fsp3) is 0.778. The van der Waals surface area contributed by atoms with Crippen molar-refractivity contribution in [3.8, 4) is 0 Å². The van der Waals surface area contributed by atoms with Gasteiger partial charge in [0.25, 0.3) is 0 Å². The molecule has 0 bridgehead atoms. The summed E-state index contributed by atoms with van der Waals surface area (Å²) in [6.07, 6.45) is 4.87. The second-order valence-electron chi connectivity index (χ2n) is 2.80. The molecule has 0 aromatic rings. The molecule has 0 spiro atoms. The molecule has 0 radical (unpaired) electrons. The molecule has 11 heavy (non-hydrogen) atoms. The first-order valence-corrected chi connectivity index (χ1v) is 4.26. The van der Waals surface area contributed by atoms with Crippen molar-refractivity contribution in [2.45, 2.75) is 32.2 Å². The molecule has 2 N–H and O–H groups in total. The van der Waals surface area contributed by atoms with Crippen molar-refractivity contribution >= 4 is 0 Å². The summed E-state index contributed by atoms with van der Waals surface area (Å²) in [5.41, 5.74) is 0. The Hall–Kier alpha value is -0.340. The van der Waals surface area contributed by atoms with Crippen molar-refractivity contribution in [1.82, 2.24) is 5.32 Å². The average Bonchev–Trinajstić information content (AvgIpc) is 2.01. The minimum Gasteiger partial charge on any atom is -0.396 e. The van der Waals surface area contributed by atoms with Gasteiger partial charge in [0.05, 0.1) is 0 Å². The van der Waals surface area contributed by atoms with Crippen LogP contribution in [0.3, 0.4) is 0 Å². The molecule has 0 heterocycles. The highest BCUT2D eigenvalue weighted by Gasteiger charge is 1.97. The Morgan fingerprint density at radius 1 is 1.64 bits per heavy atom. The van der Waals surface area contributed by atoms with E-state index in [-0.39, 0.29) is 0 Å². The van der Waals surface area contributed by atoms with Crippen LogP contribution in [0.5, 0.6) is 0 Å². The maximum absolute atomic E-state index is 8.54. The average molecular weight is 157 g/mol. The largest absolute Gasteiger partial charge is 0.396 e. The second-order valence-corrected chi connectivity index (χ2v) is 2.80. The summed E-state index contributed by atoms with van der Waals surface area (Å²) in [5, 5.41) is 11.9. The molecule has 2 nitrogen and oxygen atoms in total. The monoisotopic (exact) mass is 157 g/mol. The lowest BCUT2D eigenvalue weighted by molar-refractivity contribution is 0.277. The Balaban J connectivity index is 3.08. The number of aliphatic hydroxyl groups is 1. The van der Waals surface area contributed by atoms with Crippen LogP contribution < -0.4 is 5.32 Å². The van der Waals surface area contributed by atoms with E-state index in [1.54, 1.807) is 0 Å². The standard InChI is InChI=1S/C9H19NO/c1-3-4-7-10-9(2)6-5-8-11/h3,9-11H,1,4-8H2,2H3. The minimum absolute atomic E-state index is 0.299. The molecule has 1 atom stereocenters. The first-order valence-electron chi connectivity index (χ1n) is 4.26. The van der Waals surface area contributed by atoms with Gasteiger partial charge in [-0.25, -0.2) is 0 Å². The molecule has 0 aliphatic rings. The number of aliphatic hydroxyl groups excluding tert-OH is 1. The highest BCUT2D eigenvalue weighted by Crippen LogP contribution is 1.94. The van der Waals surface area contributed by atoms with E-state index >= 15 is 0 Å². The Morgan fingerprint density at radius 2 is 2.36 bits per heavy atom. The van der Waals surface area contributed by atoms with Crippen LogP contribution in [0.1, 0.15) is 26.2 Å². The van der Waals surface area contributed by atoms with Gasteiger partial charge in [0.2, 0.25) is 0 Å². The predicted molar refractivity (Wildman–Crippen MR) is 48.6 cm³/mol. The molecule has 1 unspecified atom stereocenters. The summed E-state index contributed by atoms with van der Waals surface area (Å²) >= 11 is 0. The Labute approximate surface area is 69.3 Å². The summed E-state index contributed by atoms with van der Waals surface area (Å²) < 4.78 is 0. The van der Waals surface area contributed by atoms with E-state index in [4.69, 9.17) is 5.11 Å². The lowest BCUT2D eigenvalue weighted by Gasteiger charge is -2.11. The Kier molecular flexibility index (Phi) is 7.52. The van der Waals surface area contributed by atoms with Gasteiger partial charge in [-0.05, 0) is 32.7 Å². The maximum Gasteiger partial charge on any atom is 0.0431 e. The van der Waals surface area contributed by atoms with Gasteiger partial charge < -0.3 is 10.4 Å². The van der Waals surface area contributed by atoms with E-state index in [1.807, 2.05) is 6.08 Å². The third kappa shape index (κ3) is 7.56. The normalized spacial score (nSPS) is 12.9. The third-order valence-corrected chi connectivity index (χ3v) is 1.64. The van der Waals surface area contributed by atoms with Crippen LogP contribution in [0, 0.1) is 0 Å². The lowest BCUT2D eigenvalue weighted by Crippen LogP contribution is -2.26. The zero-order valence-electron chi connectivity index (χ0n) is 7.34. The van der Waals surface area contributed by atoms with Crippen LogP contribution in [-0.4, -0.2) is 24.3 Å². The fourth-order valence-electron chi connectivity index (χ4n) is 0.931. The summed E-state index contributed by atoms with van der Waals surface area (Å²) in [5.74, 6) is 0. The van der Waals surface area contributed by atoms with Crippen LogP contribution in [-0.2, 0) is 0 Å². The third-order valence-electron chi connectivity index (χ3n) is 1.64. The number of rotatable bonds is 7. The van der Waals surface area contributed by atoms with Gasteiger partial charge in [0.1, 0.15) is 0 Å². The molecular weight excluding hydrogens is 138 g/mol. The van der Waals surface area contributed by atoms with Gasteiger partial charge >= 0.3 is 0 Å². The smallest absolute Gasteiger partial charge is 0.0431 e. The highest BCUT2D eigenvalue weighted by molar-refractivity contribution is 4.69. The molecule has 0 aromatic heterocycles. The molecule has 0 saturated heterocycles. The molecule has 0 aliphatic carbocycles. The zero-order chi connectivity index (χ0) is 8.53. The fourth-order valence-corrected chi connectivity index (χ4v) is 0.931. The van der Waals surface area contributed by atoms with Crippen molar-refractivity contribution in [1.29, 1.82) is 0 Å². The van der Waals surface area contributed by atoms with Gasteiger partial charge in [0.15, 0.2) is 0 Å². The van der Waals surface area contributed by atoms with E-state index in [0.717, 1.165) is 25.8 Å². The molecular formula is C9H19NO. The highest BCUT2D eigenvalue weighted by atomic mass is 16.2. The van der Waals surface area contributed by atoms with Gasteiger partial charge in [-0.2, -0.15) is 0 Å². The summed E-state index contributed by atoms with van der Waals surface area (Å²) in [6, 6.07) is 0.516. The molecule has 0 saturated carbocycles. The van der Waals surface area contributed by atoms with Gasteiger partial charge in [-0.1, -0.05) is 6.08 Å². The van der Waals surface area contributed by atoms with Crippen LogP contribution in [0.15, 0.2) is 12.7 Å². The van der Waals surface area contributed by atoms with Crippen molar-refractivity contribution in [2.75, 3.05) is 13.2 Å². The first kappa shape index (κ1) is 10.7. The van der Waals surface area contributed by atoms with E-state index in [1.165, 1.54) is 0 Å². The Bertz CT molecular complexity index is 93.6. The molecule has 0 rings (SSSR count). The van der Waals surface area contributed by atoms with E-state index in [9.17, 15) is 0 Å². The van der Waals surface area contributed by atoms with E-state index < -0.39 is 0 Å². The summed E-state index contributed by atoms with van der Waals surface area (Å²) in [4.78, 5) is 0. The van der Waals surface area contributed by atoms with Crippen LogP contribution in [0.4, 0.5) is 0 Å². The first-order chi connectivity index (χ1) is 5.31.